The number of ether oxygens (including phenoxy) is 1. The SMILES string of the molecule is COc1ccc(C2CN(c3ccc(F)cn3)CCC2C(=O)O)cc1. The molecule has 1 N–H and O–H groups in total. The van der Waals surface area contributed by atoms with Crippen LogP contribution in [0.1, 0.15) is 17.9 Å². The van der Waals surface area contributed by atoms with Crippen molar-refractivity contribution in [3.05, 3.63) is 54.0 Å². The summed E-state index contributed by atoms with van der Waals surface area (Å²) < 4.78 is 18.2. The van der Waals surface area contributed by atoms with E-state index in [0.29, 0.717) is 25.3 Å². The van der Waals surface area contributed by atoms with Crippen LogP contribution in [-0.2, 0) is 4.79 Å². The van der Waals surface area contributed by atoms with E-state index in [1.807, 2.05) is 29.2 Å². The van der Waals surface area contributed by atoms with E-state index in [-0.39, 0.29) is 11.7 Å². The monoisotopic (exact) mass is 330 g/mol. The number of benzene rings is 1. The van der Waals surface area contributed by atoms with Crippen molar-refractivity contribution in [3.8, 4) is 5.75 Å². The van der Waals surface area contributed by atoms with Crippen LogP contribution in [0.3, 0.4) is 0 Å². The first-order valence-corrected chi connectivity index (χ1v) is 7.81. The smallest absolute Gasteiger partial charge is 0.307 e. The second kappa shape index (κ2) is 6.86. The normalized spacial score (nSPS) is 20.7. The maximum absolute atomic E-state index is 13.1. The molecule has 2 heterocycles. The fourth-order valence-electron chi connectivity index (χ4n) is 3.20. The molecule has 3 rings (SSSR count). The average molecular weight is 330 g/mol. The Morgan fingerprint density at radius 1 is 1.29 bits per heavy atom. The van der Waals surface area contributed by atoms with Crippen LogP contribution in [-0.4, -0.2) is 36.3 Å². The van der Waals surface area contributed by atoms with Crippen molar-refractivity contribution in [1.82, 2.24) is 4.98 Å². The highest BCUT2D eigenvalue weighted by atomic mass is 19.1. The highest BCUT2D eigenvalue weighted by Crippen LogP contribution is 2.35. The molecule has 0 saturated carbocycles. The number of carboxylic acids is 1. The largest absolute Gasteiger partial charge is 0.497 e. The highest BCUT2D eigenvalue weighted by Gasteiger charge is 2.35. The van der Waals surface area contributed by atoms with Crippen molar-refractivity contribution in [2.24, 2.45) is 5.92 Å². The fourth-order valence-corrected chi connectivity index (χ4v) is 3.20. The first-order valence-electron chi connectivity index (χ1n) is 7.81. The summed E-state index contributed by atoms with van der Waals surface area (Å²) in [6.45, 7) is 1.12. The summed E-state index contributed by atoms with van der Waals surface area (Å²) in [5.41, 5.74) is 0.954. The van der Waals surface area contributed by atoms with Gasteiger partial charge in [-0.25, -0.2) is 9.37 Å². The summed E-state index contributed by atoms with van der Waals surface area (Å²) in [5.74, 6) is -0.380. The standard InChI is InChI=1S/C18H19FN2O3/c1-24-14-5-2-12(3-6-14)16-11-21(9-8-15(16)18(22)23)17-7-4-13(19)10-20-17/h2-7,10,15-16H,8-9,11H2,1H3,(H,22,23). The van der Waals surface area contributed by atoms with Crippen LogP contribution in [0.5, 0.6) is 5.75 Å². The van der Waals surface area contributed by atoms with E-state index >= 15 is 0 Å². The van der Waals surface area contributed by atoms with Gasteiger partial charge in [0, 0.05) is 19.0 Å². The first-order chi connectivity index (χ1) is 11.6. The maximum Gasteiger partial charge on any atom is 0.307 e. The highest BCUT2D eigenvalue weighted by molar-refractivity contribution is 5.72. The third-order valence-electron chi connectivity index (χ3n) is 4.51. The van der Waals surface area contributed by atoms with E-state index in [1.165, 1.54) is 12.3 Å². The van der Waals surface area contributed by atoms with Gasteiger partial charge in [0.1, 0.15) is 17.4 Å². The number of hydrogen-bond donors (Lipinski definition) is 1. The summed E-state index contributed by atoms with van der Waals surface area (Å²) >= 11 is 0. The van der Waals surface area contributed by atoms with Gasteiger partial charge < -0.3 is 14.7 Å². The Kier molecular flexibility index (Phi) is 4.64. The Balaban J connectivity index is 1.86. The van der Waals surface area contributed by atoms with Crippen LogP contribution in [0.2, 0.25) is 0 Å². The van der Waals surface area contributed by atoms with Crippen molar-refractivity contribution in [1.29, 1.82) is 0 Å². The molecular weight excluding hydrogens is 311 g/mol. The molecule has 2 atom stereocenters. The number of halogens is 1. The lowest BCUT2D eigenvalue weighted by Gasteiger charge is -2.37. The van der Waals surface area contributed by atoms with E-state index in [4.69, 9.17) is 4.74 Å². The van der Waals surface area contributed by atoms with Gasteiger partial charge in [0.05, 0.1) is 19.2 Å². The number of methoxy groups -OCH3 is 1. The molecule has 2 unspecified atom stereocenters. The number of piperidine rings is 1. The van der Waals surface area contributed by atoms with Gasteiger partial charge in [-0.3, -0.25) is 4.79 Å². The van der Waals surface area contributed by atoms with Crippen molar-refractivity contribution in [2.45, 2.75) is 12.3 Å². The van der Waals surface area contributed by atoms with Crippen molar-refractivity contribution < 1.29 is 19.0 Å². The molecule has 1 saturated heterocycles. The molecule has 1 aliphatic rings. The minimum absolute atomic E-state index is 0.158. The van der Waals surface area contributed by atoms with Crippen molar-refractivity contribution >= 4 is 11.8 Å². The van der Waals surface area contributed by atoms with Gasteiger partial charge in [0.15, 0.2) is 0 Å². The third-order valence-corrected chi connectivity index (χ3v) is 4.51. The van der Waals surface area contributed by atoms with Gasteiger partial charge in [0.2, 0.25) is 0 Å². The molecule has 1 aromatic carbocycles. The summed E-state index contributed by atoms with van der Waals surface area (Å²) in [6.07, 6.45) is 1.70. The molecule has 0 amide bonds. The number of aliphatic carboxylic acids is 1. The van der Waals surface area contributed by atoms with E-state index < -0.39 is 11.9 Å². The number of anilines is 1. The molecule has 24 heavy (non-hydrogen) atoms. The Morgan fingerprint density at radius 2 is 2.04 bits per heavy atom. The predicted octanol–water partition coefficient (Wildman–Crippen LogP) is 2.92. The Morgan fingerprint density at radius 3 is 2.62 bits per heavy atom. The first kappa shape index (κ1) is 16.2. The number of pyridine rings is 1. The van der Waals surface area contributed by atoms with E-state index in [9.17, 15) is 14.3 Å². The molecular formula is C18H19FN2O3. The number of aromatic nitrogens is 1. The van der Waals surface area contributed by atoms with Gasteiger partial charge in [-0.2, -0.15) is 0 Å². The predicted molar refractivity (Wildman–Crippen MR) is 87.9 cm³/mol. The average Bonchev–Trinajstić information content (AvgIpc) is 2.62. The second-order valence-electron chi connectivity index (χ2n) is 5.89. The number of rotatable bonds is 4. The lowest BCUT2D eigenvalue weighted by Crippen LogP contribution is -2.42. The quantitative estimate of drug-likeness (QED) is 0.934. The van der Waals surface area contributed by atoms with Crippen LogP contribution >= 0.6 is 0 Å². The van der Waals surface area contributed by atoms with Gasteiger partial charge in [-0.15, -0.1) is 0 Å². The zero-order chi connectivity index (χ0) is 17.1. The Hall–Kier alpha value is -2.63. The molecule has 126 valence electrons. The van der Waals surface area contributed by atoms with Gasteiger partial charge in [-0.05, 0) is 36.2 Å². The molecule has 0 aliphatic carbocycles. The lowest BCUT2D eigenvalue weighted by molar-refractivity contribution is -0.143. The lowest BCUT2D eigenvalue weighted by atomic mass is 9.80. The molecule has 1 aromatic heterocycles. The minimum atomic E-state index is -0.789. The third kappa shape index (κ3) is 3.32. The maximum atomic E-state index is 13.1. The van der Waals surface area contributed by atoms with E-state index in [0.717, 1.165) is 11.3 Å². The fraction of sp³-hybridized carbons (Fsp3) is 0.333. The molecule has 0 spiro atoms. The van der Waals surface area contributed by atoms with E-state index in [2.05, 4.69) is 4.98 Å². The minimum Gasteiger partial charge on any atom is -0.497 e. The van der Waals surface area contributed by atoms with Crippen LogP contribution in [0.25, 0.3) is 0 Å². The molecule has 1 fully saturated rings. The van der Waals surface area contributed by atoms with Crippen LogP contribution < -0.4 is 9.64 Å². The number of carbonyl (C=O) groups is 1. The summed E-state index contributed by atoms with van der Waals surface area (Å²) in [6, 6.07) is 10.5. The molecule has 0 radical (unpaired) electrons. The van der Waals surface area contributed by atoms with Gasteiger partial charge in [-0.1, -0.05) is 12.1 Å². The Labute approximate surface area is 139 Å². The molecule has 6 heteroatoms. The van der Waals surface area contributed by atoms with Crippen molar-refractivity contribution in [3.63, 3.8) is 0 Å². The second-order valence-corrected chi connectivity index (χ2v) is 5.89. The molecule has 5 nitrogen and oxygen atoms in total. The number of nitrogens with zero attached hydrogens (tertiary/aromatic N) is 2. The molecule has 1 aliphatic heterocycles. The van der Waals surface area contributed by atoms with Crippen LogP contribution in [0.15, 0.2) is 42.6 Å². The van der Waals surface area contributed by atoms with Crippen LogP contribution in [0, 0.1) is 11.7 Å². The summed E-state index contributed by atoms with van der Waals surface area (Å²) in [5, 5.41) is 9.56. The van der Waals surface area contributed by atoms with E-state index in [1.54, 1.807) is 13.2 Å². The zero-order valence-corrected chi connectivity index (χ0v) is 13.4. The molecule has 2 aromatic rings. The van der Waals surface area contributed by atoms with Crippen LogP contribution in [0.4, 0.5) is 10.2 Å². The van der Waals surface area contributed by atoms with Gasteiger partial charge >= 0.3 is 5.97 Å². The topological polar surface area (TPSA) is 62.7 Å². The number of carboxylic acid groups (broad SMARTS) is 1. The Bertz CT molecular complexity index is 703. The molecule has 0 bridgehead atoms. The van der Waals surface area contributed by atoms with Gasteiger partial charge in [0.25, 0.3) is 0 Å². The summed E-state index contributed by atoms with van der Waals surface area (Å²) in [7, 11) is 1.59. The van der Waals surface area contributed by atoms with Crippen molar-refractivity contribution in [2.75, 3.05) is 25.1 Å². The summed E-state index contributed by atoms with van der Waals surface area (Å²) in [4.78, 5) is 17.8. The zero-order valence-electron chi connectivity index (χ0n) is 13.4. The number of hydrogen-bond acceptors (Lipinski definition) is 4.